The Bertz CT molecular complexity index is 854. The zero-order valence-corrected chi connectivity index (χ0v) is 16.7. The molecule has 1 aromatic carbocycles. The molecule has 0 atom stereocenters. The number of anilines is 1. The van der Waals surface area contributed by atoms with Crippen molar-refractivity contribution in [2.24, 2.45) is 0 Å². The molecular formula is C14H14BrClN2O4S2. The van der Waals surface area contributed by atoms with Gasteiger partial charge in [0.05, 0.1) is 22.5 Å². The highest BCUT2D eigenvalue weighted by Crippen LogP contribution is 2.29. The zero-order chi connectivity index (χ0) is 17.9. The second-order valence-electron chi connectivity index (χ2n) is 4.72. The highest BCUT2D eigenvalue weighted by atomic mass is 79.9. The third-order valence-electron chi connectivity index (χ3n) is 3.01. The Hall–Kier alpha value is -1.13. The third-order valence-corrected chi connectivity index (χ3v) is 7.20. The molecular weight excluding hydrogens is 440 g/mol. The highest BCUT2D eigenvalue weighted by molar-refractivity contribution is 9.11. The number of nitrogens with zero attached hydrogens (tertiary/aromatic N) is 1. The van der Waals surface area contributed by atoms with Gasteiger partial charge >= 0.3 is 0 Å². The summed E-state index contributed by atoms with van der Waals surface area (Å²) >= 11 is 10.3. The Kier molecular flexibility index (Phi) is 6.27. The van der Waals surface area contributed by atoms with Crippen LogP contribution in [0.2, 0.25) is 5.02 Å². The molecule has 0 fully saturated rings. The second-order valence-corrected chi connectivity index (χ2v) is 9.86. The van der Waals surface area contributed by atoms with Crippen LogP contribution in [-0.2, 0) is 14.8 Å². The number of nitrogens with one attached hydrogen (secondary N) is 1. The monoisotopic (exact) mass is 452 g/mol. The fraction of sp³-hybridized carbons (Fsp3) is 0.214. The molecule has 130 valence electrons. The number of likely N-dealkylation sites (N-methyl/N-ethyl adjacent to an activating group) is 1. The summed E-state index contributed by atoms with van der Waals surface area (Å²) in [5.74, 6) is 0.00978. The fourth-order valence-electron chi connectivity index (χ4n) is 1.82. The van der Waals surface area contributed by atoms with Gasteiger partial charge in [0, 0.05) is 12.7 Å². The SMILES string of the molecule is COc1ccc(NC(=O)CN(C)S(=O)(=O)c2ccc(Br)s2)cc1Cl. The number of amides is 1. The van der Waals surface area contributed by atoms with E-state index in [1.165, 1.54) is 26.3 Å². The average Bonchev–Trinajstić information content (AvgIpc) is 2.94. The second kappa shape index (κ2) is 7.83. The van der Waals surface area contributed by atoms with Gasteiger partial charge in [-0.1, -0.05) is 11.6 Å². The molecule has 1 heterocycles. The molecule has 1 N–H and O–H groups in total. The maximum Gasteiger partial charge on any atom is 0.252 e. The molecule has 0 aliphatic carbocycles. The van der Waals surface area contributed by atoms with Crippen LogP contribution in [-0.4, -0.2) is 39.3 Å². The molecule has 2 aromatic rings. The van der Waals surface area contributed by atoms with E-state index in [1.807, 2.05) is 0 Å². The molecule has 0 saturated heterocycles. The number of thiophene rings is 1. The van der Waals surface area contributed by atoms with Crippen LogP contribution >= 0.6 is 38.9 Å². The lowest BCUT2D eigenvalue weighted by atomic mass is 10.3. The smallest absolute Gasteiger partial charge is 0.252 e. The predicted molar refractivity (Wildman–Crippen MR) is 98.5 cm³/mol. The normalized spacial score (nSPS) is 11.5. The summed E-state index contributed by atoms with van der Waals surface area (Å²) < 4.78 is 31.6. The number of sulfonamides is 1. The minimum Gasteiger partial charge on any atom is -0.495 e. The summed E-state index contributed by atoms with van der Waals surface area (Å²) in [6, 6.07) is 7.89. The van der Waals surface area contributed by atoms with Crippen molar-refractivity contribution in [1.29, 1.82) is 0 Å². The lowest BCUT2D eigenvalue weighted by Crippen LogP contribution is -2.34. The molecule has 0 radical (unpaired) electrons. The first-order chi connectivity index (χ1) is 11.2. The van der Waals surface area contributed by atoms with E-state index in [0.717, 1.165) is 15.6 Å². The van der Waals surface area contributed by atoms with E-state index >= 15 is 0 Å². The quantitative estimate of drug-likeness (QED) is 0.727. The Balaban J connectivity index is 2.05. The summed E-state index contributed by atoms with van der Waals surface area (Å²) in [6.45, 7) is -0.318. The van der Waals surface area contributed by atoms with Gasteiger partial charge in [-0.3, -0.25) is 4.79 Å². The van der Waals surface area contributed by atoms with E-state index in [9.17, 15) is 13.2 Å². The summed E-state index contributed by atoms with van der Waals surface area (Å²) in [7, 11) is -0.870. The van der Waals surface area contributed by atoms with Crippen molar-refractivity contribution in [1.82, 2.24) is 4.31 Å². The van der Waals surface area contributed by atoms with E-state index < -0.39 is 15.9 Å². The molecule has 6 nitrogen and oxygen atoms in total. The van der Waals surface area contributed by atoms with Gasteiger partial charge in [0.25, 0.3) is 10.0 Å². The van der Waals surface area contributed by atoms with Gasteiger partial charge < -0.3 is 10.1 Å². The molecule has 24 heavy (non-hydrogen) atoms. The first kappa shape index (κ1) is 19.2. The molecule has 0 saturated carbocycles. The van der Waals surface area contributed by atoms with E-state index in [-0.39, 0.29) is 10.8 Å². The number of halogens is 2. The van der Waals surface area contributed by atoms with E-state index in [0.29, 0.717) is 20.2 Å². The summed E-state index contributed by atoms with van der Waals surface area (Å²) in [6.07, 6.45) is 0. The first-order valence-electron chi connectivity index (χ1n) is 6.59. The Labute approximate surface area is 157 Å². The van der Waals surface area contributed by atoms with Gasteiger partial charge in [-0.2, -0.15) is 4.31 Å². The fourth-order valence-corrected chi connectivity index (χ4v) is 5.43. The van der Waals surface area contributed by atoms with Crippen LogP contribution in [0.15, 0.2) is 38.3 Å². The number of carbonyl (C=O) groups is 1. The standard InChI is InChI=1S/C14H14BrClN2O4S2/c1-18(24(20,21)14-6-5-12(15)23-14)8-13(19)17-9-3-4-11(22-2)10(16)7-9/h3-7H,8H2,1-2H3,(H,17,19). The first-order valence-corrected chi connectivity index (χ1v) is 10.0. The lowest BCUT2D eigenvalue weighted by molar-refractivity contribution is -0.116. The van der Waals surface area contributed by atoms with Crippen LogP contribution in [0.1, 0.15) is 0 Å². The average molecular weight is 454 g/mol. The van der Waals surface area contributed by atoms with Crippen molar-refractivity contribution in [3.8, 4) is 5.75 Å². The van der Waals surface area contributed by atoms with Crippen molar-refractivity contribution < 1.29 is 17.9 Å². The number of hydrogen-bond acceptors (Lipinski definition) is 5. The minimum absolute atomic E-state index is 0.164. The number of carbonyl (C=O) groups excluding carboxylic acids is 1. The lowest BCUT2D eigenvalue weighted by Gasteiger charge is -2.16. The van der Waals surface area contributed by atoms with Crippen molar-refractivity contribution >= 4 is 60.5 Å². The molecule has 2 rings (SSSR count). The van der Waals surface area contributed by atoms with Crippen LogP contribution in [0.25, 0.3) is 0 Å². The predicted octanol–water partition coefficient (Wildman–Crippen LogP) is 3.43. The maximum absolute atomic E-state index is 12.4. The van der Waals surface area contributed by atoms with Crippen molar-refractivity contribution in [2.75, 3.05) is 26.0 Å². The van der Waals surface area contributed by atoms with Crippen molar-refractivity contribution in [3.63, 3.8) is 0 Å². The summed E-state index contributed by atoms with van der Waals surface area (Å²) in [5.41, 5.74) is 0.454. The van der Waals surface area contributed by atoms with Crippen LogP contribution < -0.4 is 10.1 Å². The minimum atomic E-state index is -3.71. The molecule has 1 amide bonds. The van der Waals surface area contributed by atoms with Crippen molar-refractivity contribution in [2.45, 2.75) is 4.21 Å². The third kappa shape index (κ3) is 4.48. The molecule has 0 aliphatic heterocycles. The summed E-state index contributed by atoms with van der Waals surface area (Å²) in [5, 5.41) is 2.95. The number of benzene rings is 1. The Morgan fingerprint density at radius 3 is 2.62 bits per heavy atom. The van der Waals surface area contributed by atoms with E-state index in [4.69, 9.17) is 16.3 Å². The Morgan fingerprint density at radius 2 is 2.08 bits per heavy atom. The summed E-state index contributed by atoms with van der Waals surface area (Å²) in [4.78, 5) is 12.1. The van der Waals surface area contributed by atoms with E-state index in [2.05, 4.69) is 21.2 Å². The van der Waals surface area contributed by atoms with E-state index in [1.54, 1.807) is 18.2 Å². The Morgan fingerprint density at radius 1 is 1.38 bits per heavy atom. The molecule has 0 unspecified atom stereocenters. The maximum atomic E-state index is 12.4. The number of hydrogen-bond donors (Lipinski definition) is 1. The van der Waals surface area contributed by atoms with Gasteiger partial charge in [-0.25, -0.2) is 8.42 Å². The van der Waals surface area contributed by atoms with Gasteiger partial charge in [-0.05, 0) is 46.3 Å². The van der Waals surface area contributed by atoms with Crippen LogP contribution in [0, 0.1) is 0 Å². The van der Waals surface area contributed by atoms with Crippen LogP contribution in [0.3, 0.4) is 0 Å². The van der Waals surface area contributed by atoms with Crippen molar-refractivity contribution in [3.05, 3.63) is 39.1 Å². The molecule has 10 heteroatoms. The highest BCUT2D eigenvalue weighted by Gasteiger charge is 2.24. The van der Waals surface area contributed by atoms with Gasteiger partial charge in [0.15, 0.2) is 0 Å². The number of ether oxygens (including phenoxy) is 1. The van der Waals surface area contributed by atoms with Gasteiger partial charge in [0.2, 0.25) is 5.91 Å². The van der Waals surface area contributed by atoms with Gasteiger partial charge in [-0.15, -0.1) is 11.3 Å². The zero-order valence-electron chi connectivity index (χ0n) is 12.7. The number of methoxy groups -OCH3 is 1. The largest absolute Gasteiger partial charge is 0.495 e. The molecule has 1 aromatic heterocycles. The topological polar surface area (TPSA) is 75.7 Å². The number of rotatable bonds is 6. The molecule has 0 spiro atoms. The molecule has 0 aliphatic rings. The van der Waals surface area contributed by atoms with Gasteiger partial charge in [0.1, 0.15) is 9.96 Å². The van der Waals surface area contributed by atoms with Crippen LogP contribution in [0.4, 0.5) is 5.69 Å². The molecule has 0 bridgehead atoms. The van der Waals surface area contributed by atoms with Crippen LogP contribution in [0.5, 0.6) is 5.75 Å².